The van der Waals surface area contributed by atoms with Crippen LogP contribution in [0.5, 0.6) is 0 Å². The molecule has 6 nitrogen and oxygen atoms in total. The van der Waals surface area contributed by atoms with Gasteiger partial charge in [0.15, 0.2) is 5.79 Å². The van der Waals surface area contributed by atoms with Gasteiger partial charge in [0.25, 0.3) is 0 Å². The van der Waals surface area contributed by atoms with E-state index >= 15 is 0 Å². The number of aliphatic hydroxyl groups is 5. The molecule has 0 aromatic heterocycles. The van der Waals surface area contributed by atoms with Gasteiger partial charge < -0.3 is 30.3 Å². The lowest BCUT2D eigenvalue weighted by Crippen LogP contribution is -2.87. The first-order valence-corrected chi connectivity index (χ1v) is 43.3. The van der Waals surface area contributed by atoms with Crippen molar-refractivity contribution in [2.75, 3.05) is 6.61 Å². The van der Waals surface area contributed by atoms with Crippen molar-refractivity contribution in [3.8, 4) is 0 Å². The molecule has 92 heavy (non-hydrogen) atoms. The standard InChI is InChI=1S/C86H172O6/c1-6-11-16-21-26-31-36-41-46-51-56-61-66-71-76-82(81-87)83(88,77-72-67-62-57-52-47-42-37-32-27-22-17-12-7-2)84(89,78-73-68-63-58-53-48-43-38-33-28-23-18-13-8-3)85(90,79-74-69-64-59-54-49-44-39-34-29-24-19-14-9-4)86(91,92-82)80-75-70-65-60-55-50-45-40-35-30-25-20-15-10-5/h87-91H,6-81H2,1-5H3/t82-,83-,84+,85-,86+/m1/s1. The highest BCUT2D eigenvalue weighted by atomic mass is 16.7. The van der Waals surface area contributed by atoms with Gasteiger partial charge in [-0.15, -0.1) is 0 Å². The zero-order chi connectivity index (χ0) is 66.9. The number of hydrogen-bond acceptors (Lipinski definition) is 6. The van der Waals surface area contributed by atoms with Gasteiger partial charge in [0.1, 0.15) is 22.4 Å². The van der Waals surface area contributed by atoms with Gasteiger partial charge in [0.2, 0.25) is 0 Å². The lowest BCUT2D eigenvalue weighted by atomic mass is 9.53. The Hall–Kier alpha value is -0.240. The predicted octanol–water partition coefficient (Wildman–Crippen LogP) is 28.0. The van der Waals surface area contributed by atoms with E-state index in [1.165, 1.54) is 340 Å². The normalized spacial score (nSPS) is 20.9. The minimum Gasteiger partial charge on any atom is -0.393 e. The number of aliphatic hydroxyl groups excluding tert-OH is 1. The summed E-state index contributed by atoms with van der Waals surface area (Å²) in [5.41, 5.74) is -7.75. The Morgan fingerprint density at radius 2 is 0.326 bits per heavy atom. The Balaban J connectivity index is 3.50. The fourth-order valence-electron chi connectivity index (χ4n) is 16.4. The molecular formula is C86H172O6. The molecule has 552 valence electrons. The van der Waals surface area contributed by atoms with Gasteiger partial charge in [-0.2, -0.15) is 0 Å². The van der Waals surface area contributed by atoms with Crippen molar-refractivity contribution >= 4 is 0 Å². The van der Waals surface area contributed by atoms with Crippen molar-refractivity contribution < 1.29 is 30.3 Å². The van der Waals surface area contributed by atoms with Crippen LogP contribution in [-0.4, -0.2) is 60.3 Å². The van der Waals surface area contributed by atoms with E-state index < -0.39 is 34.8 Å². The highest BCUT2D eigenvalue weighted by Gasteiger charge is 2.79. The second-order valence-electron chi connectivity index (χ2n) is 31.4. The summed E-state index contributed by atoms with van der Waals surface area (Å²) in [6, 6.07) is 0. The highest BCUT2D eigenvalue weighted by molar-refractivity contribution is 5.27. The molecule has 1 saturated heterocycles. The van der Waals surface area contributed by atoms with E-state index in [1.807, 2.05) is 0 Å². The van der Waals surface area contributed by atoms with E-state index in [2.05, 4.69) is 34.6 Å². The topological polar surface area (TPSA) is 110 Å². The van der Waals surface area contributed by atoms with Crippen LogP contribution in [-0.2, 0) is 4.74 Å². The van der Waals surface area contributed by atoms with Crippen LogP contribution in [0, 0.1) is 0 Å². The molecule has 6 heteroatoms. The molecule has 1 heterocycles. The largest absolute Gasteiger partial charge is 0.393 e. The molecule has 1 aliphatic heterocycles. The van der Waals surface area contributed by atoms with E-state index in [9.17, 15) is 25.5 Å². The molecule has 0 aliphatic carbocycles. The molecule has 0 bridgehead atoms. The SMILES string of the molecule is CCCCCCCCCCCCCCCC[C@]1(CO)O[C@@](O)(CCCCCCCCCCCCCCCC)[C@@](O)(CCCCCCCCCCCCCCCC)[C@](O)(CCCCCCCCCCCCCCCC)[C@@]1(O)CCCCCCCCCCCCCCCC. The molecule has 0 radical (unpaired) electrons. The summed E-state index contributed by atoms with van der Waals surface area (Å²) in [6.07, 6.45) is 87.1. The van der Waals surface area contributed by atoms with Crippen LogP contribution in [0.3, 0.4) is 0 Å². The Bertz CT molecular complexity index is 1470. The molecule has 0 unspecified atom stereocenters. The molecule has 5 atom stereocenters. The van der Waals surface area contributed by atoms with Gasteiger partial charge in [-0.3, -0.25) is 0 Å². The summed E-state index contributed by atoms with van der Waals surface area (Å²) in [7, 11) is 0. The fourth-order valence-corrected chi connectivity index (χ4v) is 16.4. The molecule has 1 rings (SSSR count). The lowest BCUT2D eigenvalue weighted by Gasteiger charge is -2.68. The maximum atomic E-state index is 14.3. The van der Waals surface area contributed by atoms with Crippen LogP contribution < -0.4 is 0 Å². The summed E-state index contributed by atoms with van der Waals surface area (Å²) in [5, 5.41) is 68.3. The number of unbranched alkanes of at least 4 members (excludes halogenated alkanes) is 65. The molecule has 0 spiro atoms. The minimum atomic E-state index is -2.12. The zero-order valence-electron chi connectivity index (χ0n) is 63.9. The van der Waals surface area contributed by atoms with E-state index in [4.69, 9.17) is 4.74 Å². The van der Waals surface area contributed by atoms with E-state index in [1.54, 1.807) is 0 Å². The quantitative estimate of drug-likeness (QED) is 0.0388. The molecule has 1 fully saturated rings. The Kier molecular flexibility index (Phi) is 62.6. The smallest absolute Gasteiger partial charge is 0.198 e. The van der Waals surface area contributed by atoms with Gasteiger partial charge >= 0.3 is 0 Å². The minimum absolute atomic E-state index is 0.177. The lowest BCUT2D eigenvalue weighted by molar-refractivity contribution is -0.473. The monoisotopic (exact) mass is 1300 g/mol. The summed E-state index contributed by atoms with van der Waals surface area (Å²) >= 11 is 0. The molecule has 0 aromatic carbocycles. The summed E-state index contributed by atoms with van der Waals surface area (Å²) in [5.74, 6) is -2.12. The summed E-state index contributed by atoms with van der Waals surface area (Å²) in [4.78, 5) is 0. The Morgan fingerprint density at radius 3 is 0.522 bits per heavy atom. The second kappa shape index (κ2) is 64.2. The molecule has 0 aromatic rings. The van der Waals surface area contributed by atoms with E-state index in [0.29, 0.717) is 32.1 Å². The van der Waals surface area contributed by atoms with Crippen molar-refractivity contribution in [1.82, 2.24) is 0 Å². The van der Waals surface area contributed by atoms with Gasteiger partial charge in [-0.05, 0) is 32.1 Å². The number of rotatable bonds is 76. The van der Waals surface area contributed by atoms with Gasteiger partial charge in [-0.25, -0.2) is 0 Å². The third kappa shape index (κ3) is 42.0. The first kappa shape index (κ1) is 89.8. The Labute approximate surface area is 578 Å². The predicted molar refractivity (Wildman–Crippen MR) is 405 cm³/mol. The number of hydrogen-bond donors (Lipinski definition) is 5. The average molecular weight is 1300 g/mol. The first-order chi connectivity index (χ1) is 45.1. The molecule has 0 saturated carbocycles. The van der Waals surface area contributed by atoms with Crippen molar-refractivity contribution in [1.29, 1.82) is 0 Å². The van der Waals surface area contributed by atoms with Crippen LogP contribution in [0.2, 0.25) is 0 Å². The maximum absolute atomic E-state index is 14.3. The van der Waals surface area contributed by atoms with Crippen LogP contribution >= 0.6 is 0 Å². The highest BCUT2D eigenvalue weighted by Crippen LogP contribution is 2.61. The second-order valence-corrected chi connectivity index (χ2v) is 31.4. The van der Waals surface area contributed by atoms with E-state index in [0.717, 1.165) is 83.5 Å². The zero-order valence-corrected chi connectivity index (χ0v) is 63.9. The first-order valence-electron chi connectivity index (χ1n) is 43.3. The maximum Gasteiger partial charge on any atom is 0.198 e. The van der Waals surface area contributed by atoms with Crippen LogP contribution in [0.1, 0.15) is 516 Å². The van der Waals surface area contributed by atoms with Crippen LogP contribution in [0.25, 0.3) is 0 Å². The molecule has 0 amide bonds. The van der Waals surface area contributed by atoms with Crippen molar-refractivity contribution in [2.45, 2.75) is 544 Å². The third-order valence-electron chi connectivity index (χ3n) is 22.9. The summed E-state index contributed by atoms with van der Waals surface area (Å²) < 4.78 is 7.27. The van der Waals surface area contributed by atoms with Crippen LogP contribution in [0.4, 0.5) is 0 Å². The summed E-state index contributed by atoms with van der Waals surface area (Å²) in [6.45, 7) is 11.0. The average Bonchev–Trinajstić information content (AvgIpc) is 0.677. The van der Waals surface area contributed by atoms with Gasteiger partial charge in [0, 0.05) is 6.42 Å². The van der Waals surface area contributed by atoms with E-state index in [-0.39, 0.29) is 25.7 Å². The van der Waals surface area contributed by atoms with Crippen molar-refractivity contribution in [3.63, 3.8) is 0 Å². The van der Waals surface area contributed by atoms with Crippen LogP contribution in [0.15, 0.2) is 0 Å². The van der Waals surface area contributed by atoms with Gasteiger partial charge in [0.05, 0.1) is 6.61 Å². The van der Waals surface area contributed by atoms with Gasteiger partial charge in [-0.1, -0.05) is 478 Å². The Morgan fingerprint density at radius 1 is 0.174 bits per heavy atom. The molecule has 1 aliphatic rings. The van der Waals surface area contributed by atoms with Crippen molar-refractivity contribution in [2.24, 2.45) is 0 Å². The fraction of sp³-hybridized carbons (Fsp3) is 1.00. The van der Waals surface area contributed by atoms with Crippen molar-refractivity contribution in [3.05, 3.63) is 0 Å². The number of ether oxygens (including phenoxy) is 1. The molecular weight excluding hydrogens is 1130 g/mol. The third-order valence-corrected chi connectivity index (χ3v) is 22.9. The molecule has 5 N–H and O–H groups in total.